The van der Waals surface area contributed by atoms with Crippen molar-refractivity contribution in [1.29, 1.82) is 0 Å². The van der Waals surface area contributed by atoms with E-state index in [4.69, 9.17) is 4.74 Å². The molecule has 1 aromatic heterocycles. The summed E-state index contributed by atoms with van der Waals surface area (Å²) in [6, 6.07) is 17.7. The van der Waals surface area contributed by atoms with Crippen molar-refractivity contribution in [2.24, 2.45) is 0 Å². The molecule has 0 saturated heterocycles. The van der Waals surface area contributed by atoms with Crippen LogP contribution in [-0.2, 0) is 16.6 Å². The Hall–Kier alpha value is -2.86. The molecule has 3 aromatic rings. The molecule has 0 unspecified atom stereocenters. The maximum Gasteiger partial charge on any atom is 0.264 e. The molecule has 120 valence electrons. The van der Waals surface area contributed by atoms with Crippen LogP contribution in [0.15, 0.2) is 78.0 Å². The number of anilines is 1. The molecular weight excluding hydrogens is 324 g/mol. The number of pyridine rings is 1. The Bertz CT molecular complexity index is 974. The number of benzene rings is 2. The molecule has 0 aliphatic carbocycles. The Morgan fingerprint density at radius 2 is 1.79 bits per heavy atom. The molecule has 5 nitrogen and oxygen atoms in total. The van der Waals surface area contributed by atoms with E-state index in [9.17, 15) is 8.42 Å². The van der Waals surface area contributed by atoms with Crippen molar-refractivity contribution < 1.29 is 13.2 Å². The molecule has 0 bridgehead atoms. The van der Waals surface area contributed by atoms with Crippen LogP contribution in [-0.4, -0.2) is 13.4 Å². The van der Waals surface area contributed by atoms with Crippen LogP contribution < -0.4 is 9.04 Å². The molecule has 0 amide bonds. The molecule has 6 heteroatoms. The number of rotatable bonds is 3. The average Bonchev–Trinajstić information content (AvgIpc) is 2.87. The number of nitrogens with zero attached hydrogens (tertiary/aromatic N) is 2. The molecule has 0 fully saturated rings. The quantitative estimate of drug-likeness (QED) is 0.732. The van der Waals surface area contributed by atoms with Gasteiger partial charge in [0, 0.05) is 6.20 Å². The van der Waals surface area contributed by atoms with Crippen molar-refractivity contribution in [3.05, 3.63) is 78.6 Å². The van der Waals surface area contributed by atoms with E-state index in [0.29, 0.717) is 28.6 Å². The number of sulfonamides is 1. The third kappa shape index (κ3) is 2.51. The topological polar surface area (TPSA) is 59.5 Å². The Morgan fingerprint density at radius 3 is 2.54 bits per heavy atom. The maximum atomic E-state index is 12.7. The lowest BCUT2D eigenvalue weighted by atomic mass is 10.2. The van der Waals surface area contributed by atoms with Crippen LogP contribution in [0.1, 0.15) is 5.56 Å². The highest BCUT2D eigenvalue weighted by molar-refractivity contribution is 7.93. The van der Waals surface area contributed by atoms with Crippen molar-refractivity contribution in [3.8, 4) is 11.5 Å². The fraction of sp³-hybridized carbons (Fsp3) is 0.0556. The van der Waals surface area contributed by atoms with Gasteiger partial charge in [0.25, 0.3) is 10.0 Å². The second kappa shape index (κ2) is 5.65. The molecule has 4 rings (SSSR count). The first-order valence-corrected chi connectivity index (χ1v) is 8.87. The van der Waals surface area contributed by atoms with Gasteiger partial charge in [0.1, 0.15) is 11.5 Å². The van der Waals surface area contributed by atoms with E-state index >= 15 is 0 Å². The van der Waals surface area contributed by atoms with Crippen molar-refractivity contribution >= 4 is 15.7 Å². The van der Waals surface area contributed by atoms with Crippen LogP contribution >= 0.6 is 0 Å². The molecule has 24 heavy (non-hydrogen) atoms. The predicted molar refractivity (Wildman–Crippen MR) is 90.6 cm³/mol. The normalized spacial score (nSPS) is 15.1. The van der Waals surface area contributed by atoms with Crippen LogP contribution in [0.4, 0.5) is 5.69 Å². The van der Waals surface area contributed by atoms with Crippen molar-refractivity contribution in [2.45, 2.75) is 11.4 Å². The maximum absolute atomic E-state index is 12.7. The summed E-state index contributed by atoms with van der Waals surface area (Å²) in [6.07, 6.45) is 3.28. The minimum Gasteiger partial charge on any atom is -0.456 e. The molecule has 2 heterocycles. The van der Waals surface area contributed by atoms with Crippen molar-refractivity contribution in [1.82, 2.24) is 4.98 Å². The first-order chi connectivity index (χ1) is 11.6. The van der Waals surface area contributed by atoms with Crippen LogP contribution in [0.5, 0.6) is 11.5 Å². The van der Waals surface area contributed by atoms with Gasteiger partial charge in [-0.3, -0.25) is 9.29 Å². The first kappa shape index (κ1) is 14.7. The van der Waals surface area contributed by atoms with Gasteiger partial charge in [0.05, 0.1) is 23.3 Å². The second-order valence-electron chi connectivity index (χ2n) is 5.41. The molecule has 0 N–H and O–H groups in total. The van der Waals surface area contributed by atoms with Crippen molar-refractivity contribution in [2.75, 3.05) is 4.31 Å². The number of ether oxygens (including phenoxy) is 1. The van der Waals surface area contributed by atoms with Gasteiger partial charge >= 0.3 is 0 Å². The highest BCUT2D eigenvalue weighted by Crippen LogP contribution is 2.36. The van der Waals surface area contributed by atoms with Crippen molar-refractivity contribution in [3.63, 3.8) is 0 Å². The Morgan fingerprint density at radius 1 is 0.958 bits per heavy atom. The summed E-state index contributed by atoms with van der Waals surface area (Å²) in [6.45, 7) is 0.298. The first-order valence-electron chi connectivity index (χ1n) is 7.43. The summed E-state index contributed by atoms with van der Waals surface area (Å²) >= 11 is 0. The lowest BCUT2D eigenvalue weighted by Gasteiger charge is -2.16. The molecule has 0 saturated carbocycles. The molecule has 0 atom stereocenters. The van der Waals surface area contributed by atoms with Gasteiger partial charge in [-0.1, -0.05) is 18.2 Å². The summed E-state index contributed by atoms with van der Waals surface area (Å²) in [5.74, 6) is 1.20. The molecule has 1 aliphatic heterocycles. The molecule has 2 aromatic carbocycles. The lowest BCUT2D eigenvalue weighted by molar-refractivity contribution is 0.479. The number of aromatic nitrogens is 1. The zero-order valence-electron chi connectivity index (χ0n) is 12.7. The van der Waals surface area contributed by atoms with E-state index in [1.165, 1.54) is 4.31 Å². The Labute approximate surface area is 140 Å². The zero-order valence-corrected chi connectivity index (χ0v) is 13.5. The number of hydrogen-bond acceptors (Lipinski definition) is 4. The Balaban J connectivity index is 1.68. The predicted octanol–water partition coefficient (Wildman–Crippen LogP) is 3.58. The number of hydrogen-bond donors (Lipinski definition) is 0. The number of para-hydroxylation sites is 1. The lowest BCUT2D eigenvalue weighted by Crippen LogP contribution is -2.23. The average molecular weight is 338 g/mol. The van der Waals surface area contributed by atoms with E-state index in [0.717, 1.165) is 5.56 Å². The van der Waals surface area contributed by atoms with E-state index in [1.54, 1.807) is 54.9 Å². The summed E-state index contributed by atoms with van der Waals surface area (Å²) in [4.78, 5) is 4.32. The van der Waals surface area contributed by atoms with E-state index in [1.807, 2.05) is 18.2 Å². The summed E-state index contributed by atoms with van der Waals surface area (Å²) in [7, 11) is -3.52. The SMILES string of the molecule is O=S1(=O)c2ccc(Oc3cccnc3)cc2CN1c1ccccc1. The minimum absolute atomic E-state index is 0.298. The number of fused-ring (bicyclic) bond motifs is 1. The van der Waals surface area contributed by atoms with Crippen LogP contribution in [0, 0.1) is 0 Å². The molecule has 0 spiro atoms. The largest absolute Gasteiger partial charge is 0.456 e. The van der Waals surface area contributed by atoms with Crippen LogP contribution in [0.3, 0.4) is 0 Å². The van der Waals surface area contributed by atoms with Gasteiger partial charge in [0.15, 0.2) is 0 Å². The third-order valence-corrected chi connectivity index (χ3v) is 5.70. The summed E-state index contributed by atoms with van der Waals surface area (Å²) < 4.78 is 32.6. The minimum atomic E-state index is -3.52. The molecule has 0 radical (unpaired) electrons. The van der Waals surface area contributed by atoms with Gasteiger partial charge in [0.2, 0.25) is 0 Å². The third-order valence-electron chi connectivity index (χ3n) is 3.83. The fourth-order valence-electron chi connectivity index (χ4n) is 2.72. The van der Waals surface area contributed by atoms with Gasteiger partial charge in [-0.2, -0.15) is 0 Å². The van der Waals surface area contributed by atoms with Gasteiger partial charge in [-0.25, -0.2) is 8.42 Å². The summed E-state index contributed by atoms with van der Waals surface area (Å²) in [5.41, 5.74) is 1.38. The summed E-state index contributed by atoms with van der Waals surface area (Å²) in [5, 5.41) is 0. The fourth-order valence-corrected chi connectivity index (χ4v) is 4.36. The van der Waals surface area contributed by atoms with Gasteiger partial charge < -0.3 is 4.74 Å². The highest BCUT2D eigenvalue weighted by Gasteiger charge is 2.34. The second-order valence-corrected chi connectivity index (χ2v) is 7.24. The molecule has 1 aliphatic rings. The standard InChI is InChI=1S/C18H14N2O3S/c21-24(22)18-9-8-16(23-17-7-4-10-19-12-17)11-14(18)13-20(24)15-5-2-1-3-6-15/h1-12H,13H2. The van der Waals surface area contributed by atoms with Crippen LogP contribution in [0.25, 0.3) is 0 Å². The Kier molecular flexibility index (Phi) is 3.46. The smallest absolute Gasteiger partial charge is 0.264 e. The monoisotopic (exact) mass is 338 g/mol. The van der Waals surface area contributed by atoms with Crippen LogP contribution in [0.2, 0.25) is 0 Å². The highest BCUT2D eigenvalue weighted by atomic mass is 32.2. The molecular formula is C18H14N2O3S. The van der Waals surface area contributed by atoms with E-state index < -0.39 is 10.0 Å². The van der Waals surface area contributed by atoms with E-state index in [2.05, 4.69) is 4.98 Å². The zero-order chi connectivity index (χ0) is 16.6. The van der Waals surface area contributed by atoms with Gasteiger partial charge in [-0.05, 0) is 48.0 Å². The van der Waals surface area contributed by atoms with E-state index in [-0.39, 0.29) is 0 Å². The van der Waals surface area contributed by atoms with Gasteiger partial charge in [-0.15, -0.1) is 0 Å².